The lowest BCUT2D eigenvalue weighted by Crippen LogP contribution is -2.43. The van der Waals surface area contributed by atoms with Gasteiger partial charge in [0, 0.05) is 38.3 Å². The van der Waals surface area contributed by atoms with E-state index in [9.17, 15) is 4.79 Å². The molecule has 154 valence electrons. The van der Waals surface area contributed by atoms with E-state index in [1.54, 1.807) is 0 Å². The topological polar surface area (TPSA) is 63.2 Å². The number of methoxy groups -OCH3 is 1. The fourth-order valence-electron chi connectivity index (χ4n) is 4.34. The highest BCUT2D eigenvalue weighted by molar-refractivity contribution is 5.82. The first-order valence-electron chi connectivity index (χ1n) is 10.3. The number of hydrogen-bond acceptors (Lipinski definition) is 4. The summed E-state index contributed by atoms with van der Waals surface area (Å²) in [5, 5.41) is 3.42. The van der Waals surface area contributed by atoms with Crippen molar-refractivity contribution >= 4 is 11.9 Å². The smallest absolute Gasteiger partial charge is 0.310 e. The van der Waals surface area contributed by atoms with Crippen LogP contribution >= 0.6 is 0 Å². The number of ether oxygens (including phenoxy) is 2. The highest BCUT2D eigenvalue weighted by Gasteiger charge is 2.38. The minimum atomic E-state index is -0.129. The number of rotatable bonds is 5. The first kappa shape index (κ1) is 20.6. The molecule has 2 aliphatic rings. The number of guanidine groups is 1. The van der Waals surface area contributed by atoms with Gasteiger partial charge in [0.1, 0.15) is 0 Å². The van der Waals surface area contributed by atoms with Crippen molar-refractivity contribution < 1.29 is 14.3 Å². The summed E-state index contributed by atoms with van der Waals surface area (Å²) in [7, 11) is 1.46. The Balaban J connectivity index is 1.80. The van der Waals surface area contributed by atoms with Crippen LogP contribution in [0.4, 0.5) is 0 Å². The van der Waals surface area contributed by atoms with Crippen molar-refractivity contribution in [3.8, 4) is 0 Å². The Kier molecular flexibility index (Phi) is 6.94. The molecule has 0 spiro atoms. The summed E-state index contributed by atoms with van der Waals surface area (Å²) in [6.07, 6.45) is 1.95. The Hall–Kier alpha value is -2.08. The molecule has 2 aliphatic heterocycles. The zero-order chi connectivity index (χ0) is 20.0. The monoisotopic (exact) mass is 387 g/mol. The SMILES string of the molecule is CCNC(=NCC1(c2ccccc2)CCOCC1)N1CC(C)C(C(=O)OC)C1. The number of carbonyl (C=O) groups excluding carboxylic acids is 1. The molecule has 2 unspecified atom stereocenters. The number of aliphatic imine (C=N–C) groups is 1. The van der Waals surface area contributed by atoms with E-state index in [1.165, 1.54) is 12.7 Å². The van der Waals surface area contributed by atoms with Crippen LogP contribution in [0.5, 0.6) is 0 Å². The lowest BCUT2D eigenvalue weighted by Gasteiger charge is -2.37. The minimum absolute atomic E-state index is 0.00721. The first-order valence-corrected chi connectivity index (χ1v) is 10.3. The third-order valence-electron chi connectivity index (χ3n) is 6.12. The van der Waals surface area contributed by atoms with E-state index >= 15 is 0 Å². The van der Waals surface area contributed by atoms with Crippen molar-refractivity contribution in [3.63, 3.8) is 0 Å². The Morgan fingerprint density at radius 2 is 2.00 bits per heavy atom. The molecule has 0 radical (unpaired) electrons. The average molecular weight is 388 g/mol. The van der Waals surface area contributed by atoms with Gasteiger partial charge in [-0.1, -0.05) is 37.3 Å². The molecule has 3 rings (SSSR count). The molecule has 0 bridgehead atoms. The number of nitrogens with zero attached hydrogens (tertiary/aromatic N) is 2. The van der Waals surface area contributed by atoms with Gasteiger partial charge in [-0.15, -0.1) is 0 Å². The second kappa shape index (κ2) is 9.41. The lowest BCUT2D eigenvalue weighted by atomic mass is 9.74. The van der Waals surface area contributed by atoms with E-state index in [-0.39, 0.29) is 23.2 Å². The fraction of sp³-hybridized carbons (Fsp3) is 0.636. The molecule has 2 atom stereocenters. The molecule has 0 amide bonds. The van der Waals surface area contributed by atoms with Gasteiger partial charge in [0.2, 0.25) is 0 Å². The summed E-state index contributed by atoms with van der Waals surface area (Å²) >= 11 is 0. The van der Waals surface area contributed by atoms with Crippen molar-refractivity contribution in [2.75, 3.05) is 46.5 Å². The van der Waals surface area contributed by atoms with Crippen LogP contribution < -0.4 is 5.32 Å². The second-order valence-corrected chi connectivity index (χ2v) is 7.94. The molecule has 6 nitrogen and oxygen atoms in total. The Labute approximate surface area is 168 Å². The van der Waals surface area contributed by atoms with E-state index < -0.39 is 0 Å². The van der Waals surface area contributed by atoms with Crippen molar-refractivity contribution in [2.45, 2.75) is 32.1 Å². The van der Waals surface area contributed by atoms with E-state index in [0.717, 1.165) is 51.6 Å². The molecule has 2 saturated heterocycles. The van der Waals surface area contributed by atoms with Crippen LogP contribution in [0.3, 0.4) is 0 Å². The number of esters is 1. The maximum absolute atomic E-state index is 12.1. The van der Waals surface area contributed by atoms with Crippen molar-refractivity contribution in [2.24, 2.45) is 16.8 Å². The normalized spacial score (nSPS) is 24.8. The summed E-state index contributed by atoms with van der Waals surface area (Å²) in [5.74, 6) is 0.918. The van der Waals surface area contributed by atoms with Crippen LogP contribution in [0.2, 0.25) is 0 Å². The number of benzene rings is 1. The molecule has 0 aromatic heterocycles. The van der Waals surface area contributed by atoms with Crippen LogP contribution in [0.1, 0.15) is 32.3 Å². The molecule has 1 aromatic carbocycles. The van der Waals surface area contributed by atoms with Gasteiger partial charge in [0.05, 0.1) is 19.6 Å². The van der Waals surface area contributed by atoms with Crippen LogP contribution in [-0.4, -0.2) is 63.3 Å². The largest absolute Gasteiger partial charge is 0.469 e. The minimum Gasteiger partial charge on any atom is -0.469 e. The molecule has 0 saturated carbocycles. The van der Waals surface area contributed by atoms with E-state index in [1.807, 2.05) is 0 Å². The zero-order valence-electron chi connectivity index (χ0n) is 17.3. The van der Waals surface area contributed by atoms with Gasteiger partial charge in [-0.05, 0) is 31.2 Å². The molecule has 6 heteroatoms. The molecule has 1 N–H and O–H groups in total. The number of hydrogen-bond donors (Lipinski definition) is 1. The molecular formula is C22H33N3O3. The molecule has 28 heavy (non-hydrogen) atoms. The fourth-order valence-corrected chi connectivity index (χ4v) is 4.34. The van der Waals surface area contributed by atoms with Crippen LogP contribution in [-0.2, 0) is 19.7 Å². The molecule has 2 fully saturated rings. The zero-order valence-corrected chi connectivity index (χ0v) is 17.3. The van der Waals surface area contributed by atoms with Gasteiger partial charge in [-0.25, -0.2) is 0 Å². The summed E-state index contributed by atoms with van der Waals surface area (Å²) in [5.41, 5.74) is 1.34. The highest BCUT2D eigenvalue weighted by atomic mass is 16.5. The average Bonchev–Trinajstić information content (AvgIpc) is 3.13. The first-order chi connectivity index (χ1) is 13.6. The van der Waals surface area contributed by atoms with Gasteiger partial charge in [-0.2, -0.15) is 0 Å². The van der Waals surface area contributed by atoms with Gasteiger partial charge in [-0.3, -0.25) is 9.79 Å². The van der Waals surface area contributed by atoms with Gasteiger partial charge in [0.25, 0.3) is 0 Å². The second-order valence-electron chi connectivity index (χ2n) is 7.94. The Morgan fingerprint density at radius 3 is 2.64 bits per heavy atom. The quantitative estimate of drug-likeness (QED) is 0.478. The summed E-state index contributed by atoms with van der Waals surface area (Å²) in [6, 6.07) is 10.7. The summed E-state index contributed by atoms with van der Waals surface area (Å²) in [4.78, 5) is 19.3. The van der Waals surface area contributed by atoms with Crippen LogP contribution in [0.25, 0.3) is 0 Å². The van der Waals surface area contributed by atoms with E-state index in [2.05, 4.69) is 54.4 Å². The third-order valence-corrected chi connectivity index (χ3v) is 6.12. The Bertz CT molecular complexity index is 671. The summed E-state index contributed by atoms with van der Waals surface area (Å²) < 4.78 is 10.6. The lowest BCUT2D eigenvalue weighted by molar-refractivity contribution is -0.145. The predicted molar refractivity (Wildman–Crippen MR) is 110 cm³/mol. The number of nitrogens with one attached hydrogen (secondary N) is 1. The number of likely N-dealkylation sites (tertiary alicyclic amines) is 1. The van der Waals surface area contributed by atoms with Gasteiger partial charge >= 0.3 is 5.97 Å². The van der Waals surface area contributed by atoms with Crippen LogP contribution in [0.15, 0.2) is 35.3 Å². The third kappa shape index (κ3) is 4.49. The Morgan fingerprint density at radius 1 is 1.29 bits per heavy atom. The van der Waals surface area contributed by atoms with Gasteiger partial charge in [0.15, 0.2) is 5.96 Å². The van der Waals surface area contributed by atoms with Crippen molar-refractivity contribution in [3.05, 3.63) is 35.9 Å². The van der Waals surface area contributed by atoms with E-state index in [4.69, 9.17) is 14.5 Å². The maximum Gasteiger partial charge on any atom is 0.310 e. The molecule has 1 aromatic rings. The maximum atomic E-state index is 12.1. The standard InChI is InChI=1S/C22H33N3O3/c1-4-23-21(25-14-17(2)19(15-25)20(26)27-3)24-16-22(10-12-28-13-11-22)18-8-6-5-7-9-18/h5-9,17,19H,4,10-16H2,1-3H3,(H,23,24). The van der Waals surface area contributed by atoms with Crippen molar-refractivity contribution in [1.29, 1.82) is 0 Å². The van der Waals surface area contributed by atoms with Crippen LogP contribution in [0, 0.1) is 11.8 Å². The predicted octanol–water partition coefficient (Wildman–Crippen LogP) is 2.44. The molecular weight excluding hydrogens is 354 g/mol. The van der Waals surface area contributed by atoms with Crippen molar-refractivity contribution in [1.82, 2.24) is 10.2 Å². The molecule has 0 aliphatic carbocycles. The summed E-state index contributed by atoms with van der Waals surface area (Å²) in [6.45, 7) is 8.71. The molecule has 2 heterocycles. The number of carbonyl (C=O) groups is 1. The van der Waals surface area contributed by atoms with E-state index in [0.29, 0.717) is 6.54 Å². The van der Waals surface area contributed by atoms with Gasteiger partial charge < -0.3 is 19.7 Å². The highest BCUT2D eigenvalue weighted by Crippen LogP contribution is 2.35.